The second-order valence-corrected chi connectivity index (χ2v) is 9.26. The van der Waals surface area contributed by atoms with Crippen molar-refractivity contribution in [3.63, 3.8) is 0 Å². The van der Waals surface area contributed by atoms with Crippen LogP contribution in [0.15, 0.2) is 50.9 Å². The molecule has 1 aromatic heterocycles. The molecule has 0 radical (unpaired) electrons. The highest BCUT2D eigenvalue weighted by Gasteiger charge is 2.48. The van der Waals surface area contributed by atoms with Crippen molar-refractivity contribution in [3.05, 3.63) is 45.8 Å². The summed E-state index contributed by atoms with van der Waals surface area (Å²) in [5, 5.41) is 7.24. The van der Waals surface area contributed by atoms with Gasteiger partial charge in [-0.25, -0.2) is 4.98 Å². The number of allylic oxidation sites excluding steroid dienone is 2. The molecule has 0 amide bonds. The quantitative estimate of drug-likeness (QED) is 0.466. The summed E-state index contributed by atoms with van der Waals surface area (Å²) in [6.07, 6.45) is 8.23. The zero-order valence-electron chi connectivity index (χ0n) is 14.5. The van der Waals surface area contributed by atoms with E-state index in [1.54, 1.807) is 16.9 Å². The van der Waals surface area contributed by atoms with Crippen LogP contribution in [0.2, 0.25) is 0 Å². The molecule has 4 rings (SSSR count). The minimum Gasteiger partial charge on any atom is -0.253 e. The zero-order valence-corrected chi connectivity index (χ0v) is 16.9. The zero-order chi connectivity index (χ0) is 17.4. The van der Waals surface area contributed by atoms with E-state index in [2.05, 4.69) is 68.9 Å². The van der Waals surface area contributed by atoms with E-state index in [4.69, 9.17) is 0 Å². The standard InChI is InChI=1S/C20H22BrN3S/c1-20(2)15-6-3-14(11-15)17(20)9-10-22-24-19-23-18(12-25-19)13-4-7-16(21)8-5-13/h4-5,7-10,12,14-15H,3,6,11H2,1-2H3,(H,23,24). The molecule has 1 heterocycles. The number of fused-ring (bicyclic) bond motifs is 2. The second kappa shape index (κ2) is 6.69. The first-order valence-corrected chi connectivity index (χ1v) is 10.4. The molecule has 2 bridgehead atoms. The molecular weight excluding hydrogens is 394 g/mol. The van der Waals surface area contributed by atoms with Gasteiger partial charge in [0.1, 0.15) is 0 Å². The van der Waals surface area contributed by atoms with Gasteiger partial charge in [-0.3, -0.25) is 5.43 Å². The summed E-state index contributed by atoms with van der Waals surface area (Å²) in [7, 11) is 0. The van der Waals surface area contributed by atoms with E-state index < -0.39 is 0 Å². The summed E-state index contributed by atoms with van der Waals surface area (Å²) in [5.41, 5.74) is 7.06. The molecule has 2 unspecified atom stereocenters. The molecule has 0 saturated heterocycles. The summed E-state index contributed by atoms with van der Waals surface area (Å²) < 4.78 is 1.08. The van der Waals surface area contributed by atoms with Crippen LogP contribution in [0.3, 0.4) is 0 Å². The van der Waals surface area contributed by atoms with Crippen molar-refractivity contribution < 1.29 is 0 Å². The Morgan fingerprint density at radius 2 is 2.08 bits per heavy atom. The summed E-state index contributed by atoms with van der Waals surface area (Å²) in [6.45, 7) is 4.77. The van der Waals surface area contributed by atoms with E-state index >= 15 is 0 Å². The van der Waals surface area contributed by atoms with Gasteiger partial charge in [0.15, 0.2) is 0 Å². The minimum absolute atomic E-state index is 0.338. The molecule has 1 N–H and O–H groups in total. The van der Waals surface area contributed by atoms with Gasteiger partial charge in [0.05, 0.1) is 5.69 Å². The van der Waals surface area contributed by atoms with Crippen LogP contribution in [0.1, 0.15) is 33.1 Å². The van der Waals surface area contributed by atoms with Gasteiger partial charge in [-0.05, 0) is 54.7 Å². The Morgan fingerprint density at radius 1 is 1.28 bits per heavy atom. The summed E-state index contributed by atoms with van der Waals surface area (Å²) in [6, 6.07) is 8.19. The van der Waals surface area contributed by atoms with Crippen LogP contribution >= 0.6 is 27.3 Å². The minimum atomic E-state index is 0.338. The van der Waals surface area contributed by atoms with Gasteiger partial charge >= 0.3 is 0 Å². The third kappa shape index (κ3) is 3.32. The molecule has 5 heteroatoms. The van der Waals surface area contributed by atoms with Gasteiger partial charge in [0.2, 0.25) is 5.13 Å². The van der Waals surface area contributed by atoms with Crippen LogP contribution in [0.25, 0.3) is 11.3 Å². The first-order valence-electron chi connectivity index (χ1n) is 8.75. The number of nitrogens with zero attached hydrogens (tertiary/aromatic N) is 2. The van der Waals surface area contributed by atoms with Crippen molar-refractivity contribution in [2.24, 2.45) is 22.4 Å². The molecule has 0 spiro atoms. The molecule has 2 atom stereocenters. The molecule has 2 fully saturated rings. The highest BCUT2D eigenvalue weighted by Crippen LogP contribution is 2.58. The Labute approximate surface area is 161 Å². The maximum Gasteiger partial charge on any atom is 0.203 e. The van der Waals surface area contributed by atoms with E-state index in [1.807, 2.05) is 18.3 Å². The fourth-order valence-corrected chi connectivity index (χ4v) is 5.25. The summed E-state index contributed by atoms with van der Waals surface area (Å²) in [4.78, 5) is 4.60. The van der Waals surface area contributed by atoms with Crippen molar-refractivity contribution in [2.45, 2.75) is 33.1 Å². The Morgan fingerprint density at radius 3 is 2.80 bits per heavy atom. The fraction of sp³-hybridized carbons (Fsp3) is 0.400. The number of rotatable bonds is 4. The monoisotopic (exact) mass is 415 g/mol. The Hall–Kier alpha value is -1.46. The largest absolute Gasteiger partial charge is 0.253 e. The lowest BCUT2D eigenvalue weighted by atomic mass is 9.73. The third-order valence-electron chi connectivity index (χ3n) is 5.77. The van der Waals surface area contributed by atoms with Crippen LogP contribution in [-0.4, -0.2) is 11.2 Å². The lowest BCUT2D eigenvalue weighted by molar-refractivity contribution is 0.288. The van der Waals surface area contributed by atoms with Crippen molar-refractivity contribution in [2.75, 3.05) is 5.43 Å². The molecule has 0 aliphatic heterocycles. The lowest BCUT2D eigenvalue weighted by Crippen LogP contribution is -2.22. The average molecular weight is 416 g/mol. The molecule has 2 aromatic rings. The van der Waals surface area contributed by atoms with Crippen molar-refractivity contribution in [1.29, 1.82) is 0 Å². The molecular formula is C20H22BrN3S. The highest BCUT2D eigenvalue weighted by molar-refractivity contribution is 9.10. The smallest absolute Gasteiger partial charge is 0.203 e. The Kier molecular flexibility index (Phi) is 4.54. The second-order valence-electron chi connectivity index (χ2n) is 7.49. The predicted octanol–water partition coefficient (Wildman–Crippen LogP) is 6.35. The van der Waals surface area contributed by atoms with Crippen LogP contribution in [0, 0.1) is 17.3 Å². The van der Waals surface area contributed by atoms with E-state index in [-0.39, 0.29) is 0 Å². The van der Waals surface area contributed by atoms with Crippen molar-refractivity contribution in [3.8, 4) is 11.3 Å². The van der Waals surface area contributed by atoms with Crippen molar-refractivity contribution in [1.82, 2.24) is 4.98 Å². The number of aromatic nitrogens is 1. The highest BCUT2D eigenvalue weighted by atomic mass is 79.9. The third-order valence-corrected chi connectivity index (χ3v) is 7.05. The van der Waals surface area contributed by atoms with Crippen LogP contribution < -0.4 is 5.43 Å². The molecule has 3 nitrogen and oxygen atoms in total. The fourth-order valence-electron chi connectivity index (χ4n) is 4.32. The number of anilines is 1. The van der Waals surface area contributed by atoms with Gasteiger partial charge in [-0.2, -0.15) is 5.10 Å². The number of nitrogens with one attached hydrogen (secondary N) is 1. The lowest BCUT2D eigenvalue weighted by Gasteiger charge is -2.32. The molecule has 25 heavy (non-hydrogen) atoms. The molecule has 2 aliphatic carbocycles. The van der Waals surface area contributed by atoms with Gasteiger partial charge in [0, 0.05) is 21.6 Å². The van der Waals surface area contributed by atoms with E-state index in [1.165, 1.54) is 19.3 Å². The number of benzene rings is 1. The van der Waals surface area contributed by atoms with E-state index in [0.717, 1.165) is 32.7 Å². The number of hydrogen-bond acceptors (Lipinski definition) is 4. The maximum absolute atomic E-state index is 4.60. The summed E-state index contributed by atoms with van der Waals surface area (Å²) in [5.74, 6) is 1.63. The molecule has 130 valence electrons. The maximum atomic E-state index is 4.60. The first-order chi connectivity index (χ1) is 12.0. The topological polar surface area (TPSA) is 37.3 Å². The average Bonchev–Trinajstić information content (AvgIpc) is 3.28. The molecule has 2 saturated carbocycles. The van der Waals surface area contributed by atoms with Crippen molar-refractivity contribution >= 4 is 38.6 Å². The number of halogens is 1. The predicted molar refractivity (Wildman–Crippen MR) is 110 cm³/mol. The normalized spacial score (nSPS) is 26.0. The first kappa shape index (κ1) is 17.0. The SMILES string of the molecule is CC1(C)C(=CC=NNc2nc(-c3ccc(Br)cc3)cs2)C2CCC1C2. The van der Waals surface area contributed by atoms with Gasteiger partial charge < -0.3 is 0 Å². The molecule has 2 aliphatic rings. The Bertz CT molecular complexity index is 820. The number of hydrogen-bond donors (Lipinski definition) is 1. The van der Waals surface area contributed by atoms with Crippen LogP contribution in [-0.2, 0) is 0 Å². The van der Waals surface area contributed by atoms with Gasteiger partial charge in [-0.15, -0.1) is 11.3 Å². The van der Waals surface area contributed by atoms with E-state index in [9.17, 15) is 0 Å². The number of hydrazone groups is 1. The molecule has 1 aromatic carbocycles. The number of thiazole rings is 1. The Balaban J connectivity index is 1.41. The summed E-state index contributed by atoms with van der Waals surface area (Å²) >= 11 is 5.03. The van der Waals surface area contributed by atoms with Crippen LogP contribution in [0.4, 0.5) is 5.13 Å². The van der Waals surface area contributed by atoms with Gasteiger partial charge in [-0.1, -0.05) is 47.5 Å². The van der Waals surface area contributed by atoms with Gasteiger partial charge in [0.25, 0.3) is 0 Å². The van der Waals surface area contributed by atoms with Crippen LogP contribution in [0.5, 0.6) is 0 Å². The van der Waals surface area contributed by atoms with E-state index in [0.29, 0.717) is 5.41 Å².